The summed E-state index contributed by atoms with van der Waals surface area (Å²) >= 11 is 0. The highest BCUT2D eigenvalue weighted by Gasteiger charge is 2.40. The second kappa shape index (κ2) is 5.35. The minimum absolute atomic E-state index is 0.0905. The van der Waals surface area contributed by atoms with Gasteiger partial charge in [-0.2, -0.15) is 13.2 Å². The lowest BCUT2D eigenvalue weighted by atomic mass is 9.86. The summed E-state index contributed by atoms with van der Waals surface area (Å²) in [6.07, 6.45) is 1.04. The van der Waals surface area contributed by atoms with Gasteiger partial charge in [-0.1, -0.05) is 6.42 Å². The van der Waals surface area contributed by atoms with Crippen molar-refractivity contribution in [2.24, 2.45) is 17.8 Å². The number of amides is 1. The van der Waals surface area contributed by atoms with Gasteiger partial charge in [0.15, 0.2) is 0 Å². The van der Waals surface area contributed by atoms with Crippen molar-refractivity contribution in [1.82, 2.24) is 0 Å². The number of anilines is 1. The second-order valence-corrected chi connectivity index (χ2v) is 6.26. The van der Waals surface area contributed by atoms with Gasteiger partial charge in [-0.05, 0) is 61.3 Å². The number of benzene rings is 1. The molecule has 3 atom stereocenters. The highest BCUT2D eigenvalue weighted by molar-refractivity contribution is 5.90. The molecule has 114 valence electrons. The maximum Gasteiger partial charge on any atom is 0.416 e. The van der Waals surface area contributed by atoms with E-state index in [0.29, 0.717) is 23.9 Å². The molecule has 0 unspecified atom stereocenters. The Labute approximate surface area is 121 Å². The van der Waals surface area contributed by atoms with Crippen molar-refractivity contribution in [3.05, 3.63) is 29.8 Å². The summed E-state index contributed by atoms with van der Waals surface area (Å²) in [5, 5.41) is 2.70. The van der Waals surface area contributed by atoms with E-state index in [1.807, 2.05) is 0 Å². The van der Waals surface area contributed by atoms with E-state index in [0.717, 1.165) is 24.5 Å². The lowest BCUT2D eigenvalue weighted by molar-refractivity contribution is -0.137. The van der Waals surface area contributed by atoms with Gasteiger partial charge in [0.1, 0.15) is 0 Å². The molecule has 21 heavy (non-hydrogen) atoms. The van der Waals surface area contributed by atoms with Crippen molar-refractivity contribution >= 4 is 11.6 Å². The molecule has 0 radical (unpaired) electrons. The minimum atomic E-state index is -4.34. The number of carbonyl (C=O) groups excluding carboxylic acids is 1. The molecule has 1 aromatic rings. The third-order valence-corrected chi connectivity index (χ3v) is 4.83. The smallest absolute Gasteiger partial charge is 0.326 e. The fraction of sp³-hybridized carbons (Fsp3) is 0.562. The molecule has 1 N–H and O–H groups in total. The average molecular weight is 297 g/mol. The number of hydrogen-bond donors (Lipinski definition) is 1. The zero-order chi connectivity index (χ0) is 15.0. The third kappa shape index (κ3) is 3.22. The standard InChI is InChI=1S/C16H18F3NO/c17-16(18,19)13-3-5-14(6-4-13)20-15(21)9-12-8-10-1-2-11(12)7-10/h3-6,10-12H,1-2,7-9H2,(H,20,21)/t10-,11-,12+/m1/s1. The van der Waals surface area contributed by atoms with Crippen LogP contribution in [0, 0.1) is 17.8 Å². The SMILES string of the molecule is O=C(C[C@@H]1C[C@@H]2CC[C@@H]1C2)Nc1ccc(C(F)(F)F)cc1. The Kier molecular flexibility index (Phi) is 3.68. The molecule has 0 aliphatic heterocycles. The van der Waals surface area contributed by atoms with Gasteiger partial charge in [-0.3, -0.25) is 4.79 Å². The number of rotatable bonds is 3. The Morgan fingerprint density at radius 1 is 1.14 bits per heavy atom. The van der Waals surface area contributed by atoms with E-state index >= 15 is 0 Å². The molecule has 2 bridgehead atoms. The Bertz CT molecular complexity index is 523. The summed E-state index contributed by atoms with van der Waals surface area (Å²) in [4.78, 5) is 12.0. The third-order valence-electron chi connectivity index (χ3n) is 4.83. The molecule has 2 nitrogen and oxygen atoms in total. The number of hydrogen-bond acceptors (Lipinski definition) is 1. The van der Waals surface area contributed by atoms with Gasteiger partial charge in [0.05, 0.1) is 5.56 Å². The number of nitrogens with one attached hydrogen (secondary N) is 1. The van der Waals surface area contributed by atoms with Gasteiger partial charge in [-0.25, -0.2) is 0 Å². The van der Waals surface area contributed by atoms with Crippen molar-refractivity contribution in [3.8, 4) is 0 Å². The van der Waals surface area contributed by atoms with Crippen LogP contribution in [-0.4, -0.2) is 5.91 Å². The summed E-state index contributed by atoms with van der Waals surface area (Å²) < 4.78 is 37.4. The van der Waals surface area contributed by atoms with Crippen LogP contribution in [0.5, 0.6) is 0 Å². The molecule has 0 spiro atoms. The molecular weight excluding hydrogens is 279 g/mol. The van der Waals surface area contributed by atoms with Crippen LogP contribution >= 0.6 is 0 Å². The van der Waals surface area contributed by atoms with E-state index in [-0.39, 0.29) is 5.91 Å². The normalized spacial score (nSPS) is 27.9. The average Bonchev–Trinajstić information content (AvgIpc) is 3.00. The van der Waals surface area contributed by atoms with Gasteiger partial charge < -0.3 is 5.32 Å². The Balaban J connectivity index is 1.55. The summed E-state index contributed by atoms with van der Waals surface area (Å²) in [5.74, 6) is 1.83. The van der Waals surface area contributed by atoms with Crippen LogP contribution in [0.25, 0.3) is 0 Å². The lowest BCUT2D eigenvalue weighted by Crippen LogP contribution is -2.20. The Hall–Kier alpha value is -1.52. The first-order chi connectivity index (χ1) is 9.91. The molecule has 0 aromatic heterocycles. The van der Waals surface area contributed by atoms with Crippen LogP contribution in [0.4, 0.5) is 18.9 Å². The van der Waals surface area contributed by atoms with Gasteiger partial charge in [0, 0.05) is 12.1 Å². The first kappa shape index (κ1) is 14.4. The van der Waals surface area contributed by atoms with E-state index in [9.17, 15) is 18.0 Å². The molecule has 1 amide bonds. The maximum atomic E-state index is 12.5. The monoisotopic (exact) mass is 297 g/mol. The number of fused-ring (bicyclic) bond motifs is 2. The van der Waals surface area contributed by atoms with E-state index in [4.69, 9.17) is 0 Å². The fourth-order valence-electron chi connectivity index (χ4n) is 3.82. The first-order valence-corrected chi connectivity index (χ1v) is 7.39. The zero-order valence-electron chi connectivity index (χ0n) is 11.6. The van der Waals surface area contributed by atoms with Crippen LogP contribution in [0.1, 0.15) is 37.7 Å². The van der Waals surface area contributed by atoms with Crippen LogP contribution in [0.2, 0.25) is 0 Å². The van der Waals surface area contributed by atoms with Crippen molar-refractivity contribution in [3.63, 3.8) is 0 Å². The largest absolute Gasteiger partial charge is 0.416 e. The van der Waals surface area contributed by atoms with Gasteiger partial charge >= 0.3 is 6.18 Å². The molecule has 1 aromatic carbocycles. The summed E-state index contributed by atoms with van der Waals surface area (Å²) in [7, 11) is 0. The highest BCUT2D eigenvalue weighted by Crippen LogP contribution is 2.49. The molecule has 0 heterocycles. The maximum absolute atomic E-state index is 12.5. The lowest BCUT2D eigenvalue weighted by Gasteiger charge is -2.20. The van der Waals surface area contributed by atoms with Crippen molar-refractivity contribution in [2.45, 2.75) is 38.3 Å². The molecule has 2 saturated carbocycles. The molecule has 2 fully saturated rings. The number of alkyl halides is 3. The van der Waals surface area contributed by atoms with Crippen LogP contribution in [0.15, 0.2) is 24.3 Å². The number of carbonyl (C=O) groups is 1. The van der Waals surface area contributed by atoms with Gasteiger partial charge in [0.25, 0.3) is 0 Å². The molecule has 0 saturated heterocycles. The Morgan fingerprint density at radius 2 is 1.86 bits per heavy atom. The van der Waals surface area contributed by atoms with Gasteiger partial charge in [0.2, 0.25) is 5.91 Å². The summed E-state index contributed by atoms with van der Waals surface area (Å²) in [6.45, 7) is 0. The molecule has 2 aliphatic carbocycles. The minimum Gasteiger partial charge on any atom is -0.326 e. The topological polar surface area (TPSA) is 29.1 Å². The summed E-state index contributed by atoms with van der Waals surface area (Å²) in [6, 6.07) is 4.60. The Morgan fingerprint density at radius 3 is 2.38 bits per heavy atom. The van der Waals surface area contributed by atoms with E-state index in [1.54, 1.807) is 0 Å². The van der Waals surface area contributed by atoms with Crippen molar-refractivity contribution in [1.29, 1.82) is 0 Å². The number of halogens is 3. The molecular formula is C16H18F3NO. The van der Waals surface area contributed by atoms with Crippen LogP contribution in [0.3, 0.4) is 0 Å². The van der Waals surface area contributed by atoms with Crippen molar-refractivity contribution in [2.75, 3.05) is 5.32 Å². The van der Waals surface area contributed by atoms with Crippen LogP contribution < -0.4 is 5.32 Å². The van der Waals surface area contributed by atoms with E-state index in [2.05, 4.69) is 5.32 Å². The summed E-state index contributed by atoms with van der Waals surface area (Å²) in [5.41, 5.74) is -0.273. The molecule has 3 rings (SSSR count). The molecule has 5 heteroatoms. The van der Waals surface area contributed by atoms with Crippen molar-refractivity contribution < 1.29 is 18.0 Å². The predicted octanol–water partition coefficient (Wildman–Crippen LogP) is 4.47. The highest BCUT2D eigenvalue weighted by atomic mass is 19.4. The fourth-order valence-corrected chi connectivity index (χ4v) is 3.82. The quantitative estimate of drug-likeness (QED) is 0.876. The second-order valence-electron chi connectivity index (χ2n) is 6.26. The van der Waals surface area contributed by atoms with E-state index < -0.39 is 11.7 Å². The van der Waals surface area contributed by atoms with Crippen LogP contribution in [-0.2, 0) is 11.0 Å². The van der Waals surface area contributed by atoms with E-state index in [1.165, 1.54) is 31.4 Å². The first-order valence-electron chi connectivity index (χ1n) is 7.39. The predicted molar refractivity (Wildman–Crippen MR) is 73.6 cm³/mol. The van der Waals surface area contributed by atoms with Gasteiger partial charge in [-0.15, -0.1) is 0 Å². The molecule has 2 aliphatic rings. The zero-order valence-corrected chi connectivity index (χ0v) is 11.6.